The van der Waals surface area contributed by atoms with Crippen LogP contribution in [0.25, 0.3) is 0 Å². The summed E-state index contributed by atoms with van der Waals surface area (Å²) in [4.78, 5) is 37.1. The van der Waals surface area contributed by atoms with Gasteiger partial charge >= 0.3 is 5.97 Å². The van der Waals surface area contributed by atoms with Crippen LogP contribution >= 0.6 is 11.6 Å². The zero-order valence-electron chi connectivity index (χ0n) is 9.80. The molecule has 19 heavy (non-hydrogen) atoms. The van der Waals surface area contributed by atoms with Crippen molar-refractivity contribution in [3.63, 3.8) is 0 Å². The molecular weight excluding hydrogens is 274 g/mol. The minimum Gasteiger partial charge on any atom is -0.480 e. The van der Waals surface area contributed by atoms with Crippen molar-refractivity contribution in [1.29, 1.82) is 0 Å². The molecule has 2 amide bonds. The van der Waals surface area contributed by atoms with Gasteiger partial charge in [0.1, 0.15) is 11.7 Å². The number of carboxylic acid groups (broad SMARTS) is 1. The van der Waals surface area contributed by atoms with Crippen LogP contribution < -0.4 is 11.1 Å². The Bertz CT molecular complexity index is 506. The monoisotopic (exact) mass is 285 g/mol. The molecule has 0 aromatic carbocycles. The second kappa shape index (κ2) is 6.69. The summed E-state index contributed by atoms with van der Waals surface area (Å²) in [6, 6.07) is 1.59. The smallest absolute Gasteiger partial charge is 0.326 e. The largest absolute Gasteiger partial charge is 0.480 e. The quantitative estimate of drug-likeness (QED) is 0.688. The molecule has 1 atom stereocenters. The molecule has 0 radical (unpaired) electrons. The lowest BCUT2D eigenvalue weighted by atomic mass is 10.1. The van der Waals surface area contributed by atoms with Crippen molar-refractivity contribution in [2.45, 2.75) is 18.9 Å². The van der Waals surface area contributed by atoms with Crippen LogP contribution in [0.1, 0.15) is 23.3 Å². The molecule has 1 heterocycles. The van der Waals surface area contributed by atoms with Crippen molar-refractivity contribution in [3.8, 4) is 0 Å². The average molecular weight is 286 g/mol. The van der Waals surface area contributed by atoms with E-state index in [0.29, 0.717) is 5.02 Å². The van der Waals surface area contributed by atoms with Gasteiger partial charge < -0.3 is 16.2 Å². The predicted molar refractivity (Wildman–Crippen MR) is 66.6 cm³/mol. The molecule has 1 unspecified atom stereocenters. The summed E-state index contributed by atoms with van der Waals surface area (Å²) in [5.74, 6) is -2.57. The molecule has 4 N–H and O–H groups in total. The Morgan fingerprint density at radius 1 is 1.47 bits per heavy atom. The van der Waals surface area contributed by atoms with E-state index in [1.165, 1.54) is 18.3 Å². The van der Waals surface area contributed by atoms with E-state index in [1.54, 1.807) is 0 Å². The minimum atomic E-state index is -1.25. The van der Waals surface area contributed by atoms with Gasteiger partial charge in [0.25, 0.3) is 5.91 Å². The second-order valence-electron chi connectivity index (χ2n) is 3.73. The zero-order valence-corrected chi connectivity index (χ0v) is 10.6. The molecular formula is C11H12ClN3O4. The number of halogens is 1. The van der Waals surface area contributed by atoms with Crippen LogP contribution in [0.2, 0.25) is 5.02 Å². The summed E-state index contributed by atoms with van der Waals surface area (Å²) in [5.41, 5.74) is 4.93. The third-order valence-corrected chi connectivity index (χ3v) is 2.47. The van der Waals surface area contributed by atoms with Gasteiger partial charge in [-0.15, -0.1) is 0 Å². The molecule has 0 aliphatic heterocycles. The van der Waals surface area contributed by atoms with Gasteiger partial charge in [0.05, 0.1) is 0 Å². The SMILES string of the molecule is NC(=O)CCC(NC(=O)c1cc(Cl)ccn1)C(=O)O. The Morgan fingerprint density at radius 3 is 2.68 bits per heavy atom. The van der Waals surface area contributed by atoms with Gasteiger partial charge in [0.2, 0.25) is 5.91 Å². The fourth-order valence-corrected chi connectivity index (χ4v) is 1.46. The number of carboxylic acids is 1. The molecule has 0 bridgehead atoms. The van der Waals surface area contributed by atoms with Gasteiger partial charge in [-0.05, 0) is 18.6 Å². The number of hydrogen-bond donors (Lipinski definition) is 3. The number of aromatic nitrogens is 1. The fraction of sp³-hybridized carbons (Fsp3) is 0.273. The molecule has 0 saturated carbocycles. The highest BCUT2D eigenvalue weighted by molar-refractivity contribution is 6.30. The maximum atomic E-state index is 11.7. The van der Waals surface area contributed by atoms with Crippen molar-refractivity contribution in [2.75, 3.05) is 0 Å². The van der Waals surface area contributed by atoms with E-state index < -0.39 is 23.8 Å². The molecule has 1 rings (SSSR count). The van der Waals surface area contributed by atoms with Crippen LogP contribution in [0, 0.1) is 0 Å². The minimum absolute atomic E-state index is 0.00201. The summed E-state index contributed by atoms with van der Waals surface area (Å²) in [6.07, 6.45) is 1.10. The maximum absolute atomic E-state index is 11.7. The first kappa shape index (κ1) is 14.9. The highest BCUT2D eigenvalue weighted by Gasteiger charge is 2.21. The maximum Gasteiger partial charge on any atom is 0.326 e. The van der Waals surface area contributed by atoms with Crippen LogP contribution in [0.3, 0.4) is 0 Å². The molecule has 1 aromatic rings. The van der Waals surface area contributed by atoms with Gasteiger partial charge in [-0.1, -0.05) is 11.6 Å². The lowest BCUT2D eigenvalue weighted by Gasteiger charge is -2.13. The Morgan fingerprint density at radius 2 is 2.16 bits per heavy atom. The lowest BCUT2D eigenvalue weighted by Crippen LogP contribution is -2.41. The second-order valence-corrected chi connectivity index (χ2v) is 4.17. The number of carbonyl (C=O) groups excluding carboxylic acids is 2. The molecule has 8 heteroatoms. The molecule has 0 saturated heterocycles. The predicted octanol–water partition coefficient (Wildman–Crippen LogP) is 0.183. The summed E-state index contributed by atoms with van der Waals surface area (Å²) < 4.78 is 0. The number of aliphatic carboxylic acids is 1. The molecule has 0 fully saturated rings. The normalized spacial score (nSPS) is 11.6. The molecule has 102 valence electrons. The van der Waals surface area contributed by atoms with E-state index in [4.69, 9.17) is 22.4 Å². The summed E-state index contributed by atoms with van der Waals surface area (Å²) in [5, 5.41) is 11.5. The summed E-state index contributed by atoms with van der Waals surface area (Å²) in [6.45, 7) is 0. The van der Waals surface area contributed by atoms with E-state index in [-0.39, 0.29) is 18.5 Å². The molecule has 0 aliphatic rings. The van der Waals surface area contributed by atoms with E-state index in [1.807, 2.05) is 0 Å². The molecule has 0 aliphatic carbocycles. The Labute approximate surface area is 113 Å². The van der Waals surface area contributed by atoms with Crippen LogP contribution in [0.5, 0.6) is 0 Å². The Kier molecular flexibility index (Phi) is 5.25. The average Bonchev–Trinajstić information content (AvgIpc) is 2.33. The van der Waals surface area contributed by atoms with E-state index >= 15 is 0 Å². The summed E-state index contributed by atoms with van der Waals surface area (Å²) in [7, 11) is 0. The standard InChI is InChI=1S/C11H12ClN3O4/c12-6-3-4-14-8(5-6)10(17)15-7(11(18)19)1-2-9(13)16/h3-5,7H,1-2H2,(H2,13,16)(H,15,17)(H,18,19). The number of pyridine rings is 1. The third-order valence-electron chi connectivity index (χ3n) is 2.24. The molecule has 7 nitrogen and oxygen atoms in total. The number of nitrogens with one attached hydrogen (secondary N) is 1. The first-order valence-electron chi connectivity index (χ1n) is 5.33. The van der Waals surface area contributed by atoms with Crippen molar-refractivity contribution < 1.29 is 19.5 Å². The number of hydrogen-bond acceptors (Lipinski definition) is 4. The van der Waals surface area contributed by atoms with E-state index in [9.17, 15) is 14.4 Å². The van der Waals surface area contributed by atoms with Crippen molar-refractivity contribution >= 4 is 29.4 Å². The van der Waals surface area contributed by atoms with Crippen molar-refractivity contribution in [1.82, 2.24) is 10.3 Å². The number of amides is 2. The van der Waals surface area contributed by atoms with E-state index in [0.717, 1.165) is 0 Å². The molecule has 1 aromatic heterocycles. The fourth-order valence-electron chi connectivity index (χ4n) is 1.31. The lowest BCUT2D eigenvalue weighted by molar-refractivity contribution is -0.139. The van der Waals surface area contributed by atoms with Gasteiger partial charge in [-0.2, -0.15) is 0 Å². The van der Waals surface area contributed by atoms with E-state index in [2.05, 4.69) is 10.3 Å². The third kappa shape index (κ3) is 4.92. The van der Waals surface area contributed by atoms with Gasteiger partial charge in [0.15, 0.2) is 0 Å². The number of nitrogens with zero attached hydrogens (tertiary/aromatic N) is 1. The highest BCUT2D eigenvalue weighted by atomic mass is 35.5. The van der Waals surface area contributed by atoms with Crippen molar-refractivity contribution in [2.24, 2.45) is 5.73 Å². The first-order chi connectivity index (χ1) is 8.90. The first-order valence-corrected chi connectivity index (χ1v) is 5.71. The van der Waals surface area contributed by atoms with Crippen LogP contribution in [-0.2, 0) is 9.59 Å². The topological polar surface area (TPSA) is 122 Å². The Balaban J connectivity index is 2.71. The zero-order chi connectivity index (χ0) is 14.4. The van der Waals surface area contributed by atoms with Crippen molar-refractivity contribution in [3.05, 3.63) is 29.0 Å². The summed E-state index contributed by atoms with van der Waals surface area (Å²) >= 11 is 5.69. The van der Waals surface area contributed by atoms with Crippen LogP contribution in [-0.4, -0.2) is 33.9 Å². The van der Waals surface area contributed by atoms with Crippen LogP contribution in [0.15, 0.2) is 18.3 Å². The van der Waals surface area contributed by atoms with Gasteiger partial charge in [-0.25, -0.2) is 4.79 Å². The number of nitrogens with two attached hydrogens (primary N) is 1. The van der Waals surface area contributed by atoms with Gasteiger partial charge in [-0.3, -0.25) is 14.6 Å². The molecule has 0 spiro atoms. The van der Waals surface area contributed by atoms with Gasteiger partial charge in [0, 0.05) is 17.6 Å². The Hall–Kier alpha value is -2.15. The number of rotatable bonds is 6. The van der Waals surface area contributed by atoms with Crippen LogP contribution in [0.4, 0.5) is 0 Å². The number of primary amides is 1. The number of carbonyl (C=O) groups is 3. The highest BCUT2D eigenvalue weighted by Crippen LogP contribution is 2.08.